The van der Waals surface area contributed by atoms with Crippen LogP contribution in [0.2, 0.25) is 0 Å². The summed E-state index contributed by atoms with van der Waals surface area (Å²) < 4.78 is 1.08. The number of anilines is 1. The zero-order valence-electron chi connectivity index (χ0n) is 14.9. The van der Waals surface area contributed by atoms with E-state index in [0.717, 1.165) is 42.3 Å². The van der Waals surface area contributed by atoms with Gasteiger partial charge in [-0.1, -0.05) is 0 Å². The average Bonchev–Trinajstić information content (AvgIpc) is 3.24. The Morgan fingerprint density at radius 1 is 1.07 bits per heavy atom. The second-order valence-electron chi connectivity index (χ2n) is 6.04. The van der Waals surface area contributed by atoms with Gasteiger partial charge in [-0.2, -0.15) is 0 Å². The summed E-state index contributed by atoms with van der Waals surface area (Å²) in [4.78, 5) is 22.5. The Labute approximate surface area is 169 Å². The van der Waals surface area contributed by atoms with E-state index in [-0.39, 0.29) is 5.91 Å². The number of thioether (sulfide) groups is 1. The molecule has 0 bridgehead atoms. The van der Waals surface area contributed by atoms with E-state index < -0.39 is 0 Å². The summed E-state index contributed by atoms with van der Waals surface area (Å²) in [6.07, 6.45) is 0. The van der Waals surface area contributed by atoms with Gasteiger partial charge in [0.2, 0.25) is 0 Å². The first-order valence-electron chi connectivity index (χ1n) is 8.39. The lowest BCUT2D eigenvalue weighted by Gasteiger charge is -2.06. The van der Waals surface area contributed by atoms with Crippen molar-refractivity contribution in [3.8, 4) is 0 Å². The summed E-state index contributed by atoms with van der Waals surface area (Å²) in [5.41, 5.74) is 3.49. The topological polar surface area (TPSA) is 54.9 Å². The van der Waals surface area contributed by atoms with Gasteiger partial charge in [-0.3, -0.25) is 4.79 Å². The van der Waals surface area contributed by atoms with Gasteiger partial charge in [-0.25, -0.2) is 9.97 Å². The summed E-state index contributed by atoms with van der Waals surface area (Å²) in [5, 5.41) is 7.16. The van der Waals surface area contributed by atoms with Crippen molar-refractivity contribution in [2.75, 3.05) is 5.32 Å². The van der Waals surface area contributed by atoms with Gasteiger partial charge < -0.3 is 5.32 Å². The lowest BCUT2D eigenvalue weighted by Crippen LogP contribution is -2.11. The molecule has 0 aliphatic rings. The molecule has 4 aromatic rings. The predicted molar refractivity (Wildman–Crippen MR) is 115 cm³/mol. The molecule has 4 nitrogen and oxygen atoms in total. The number of carbonyl (C=O) groups is 1. The number of thiazole rings is 2. The van der Waals surface area contributed by atoms with E-state index in [2.05, 4.69) is 20.7 Å². The minimum Gasteiger partial charge on any atom is -0.322 e. The summed E-state index contributed by atoms with van der Waals surface area (Å²) in [7, 11) is 0. The number of carbonyl (C=O) groups excluding carboxylic acids is 1. The van der Waals surface area contributed by atoms with E-state index in [0.29, 0.717) is 5.56 Å². The lowest BCUT2D eigenvalue weighted by molar-refractivity contribution is 0.102. The highest BCUT2D eigenvalue weighted by Crippen LogP contribution is 2.26. The summed E-state index contributed by atoms with van der Waals surface area (Å²) >= 11 is 5.02. The van der Waals surface area contributed by atoms with Crippen LogP contribution in [0.4, 0.5) is 5.69 Å². The third-order valence-corrected chi connectivity index (χ3v) is 6.72. The Bertz CT molecular complexity index is 1100. The third kappa shape index (κ3) is 4.37. The van der Waals surface area contributed by atoms with E-state index in [1.54, 1.807) is 34.4 Å². The molecule has 136 valence electrons. The van der Waals surface area contributed by atoms with Gasteiger partial charge in [-0.05, 0) is 56.3 Å². The first-order valence-corrected chi connectivity index (χ1v) is 11.1. The Kier molecular flexibility index (Phi) is 5.24. The maximum atomic E-state index is 12.5. The molecule has 0 radical (unpaired) electrons. The number of amides is 1. The van der Waals surface area contributed by atoms with Gasteiger partial charge >= 0.3 is 0 Å². The van der Waals surface area contributed by atoms with E-state index in [4.69, 9.17) is 0 Å². The Morgan fingerprint density at radius 2 is 1.89 bits per heavy atom. The van der Waals surface area contributed by atoms with Crippen LogP contribution in [-0.4, -0.2) is 15.9 Å². The Hall–Kier alpha value is -2.22. The molecule has 1 N–H and O–H groups in total. The largest absolute Gasteiger partial charge is 0.322 e. The van der Waals surface area contributed by atoms with E-state index in [1.165, 1.54) is 0 Å². The van der Waals surface area contributed by atoms with Crippen molar-refractivity contribution in [3.05, 3.63) is 69.1 Å². The van der Waals surface area contributed by atoms with Crippen molar-refractivity contribution < 1.29 is 4.79 Å². The van der Waals surface area contributed by atoms with Gasteiger partial charge in [0.1, 0.15) is 0 Å². The molecule has 0 aliphatic carbocycles. The number of nitrogens with zero attached hydrogens (tertiary/aromatic N) is 2. The highest BCUT2D eigenvalue weighted by atomic mass is 32.2. The second kappa shape index (κ2) is 7.80. The molecule has 4 rings (SSSR count). The van der Waals surface area contributed by atoms with Crippen LogP contribution in [0.1, 0.15) is 26.1 Å². The maximum absolute atomic E-state index is 12.5. The van der Waals surface area contributed by atoms with Gasteiger partial charge in [-0.15, -0.1) is 34.4 Å². The molecular formula is C20H17N3OS3. The zero-order chi connectivity index (χ0) is 18.8. The molecule has 2 heterocycles. The van der Waals surface area contributed by atoms with Crippen LogP contribution in [0.25, 0.3) is 10.2 Å². The number of hydrogen-bond donors (Lipinski definition) is 1. The molecular weight excluding hydrogens is 394 g/mol. The predicted octanol–water partition coefficient (Wildman–Crippen LogP) is 5.91. The van der Waals surface area contributed by atoms with E-state index in [1.807, 2.05) is 56.3 Å². The van der Waals surface area contributed by atoms with Crippen LogP contribution in [-0.2, 0) is 5.75 Å². The smallest absolute Gasteiger partial charge is 0.255 e. The van der Waals surface area contributed by atoms with Gasteiger partial charge in [0.15, 0.2) is 0 Å². The molecule has 0 unspecified atom stereocenters. The van der Waals surface area contributed by atoms with Crippen LogP contribution < -0.4 is 5.32 Å². The summed E-state index contributed by atoms with van der Waals surface area (Å²) in [5.74, 6) is 0.728. The van der Waals surface area contributed by atoms with Crippen LogP contribution in [0.5, 0.6) is 0 Å². The monoisotopic (exact) mass is 411 g/mol. The lowest BCUT2D eigenvalue weighted by atomic mass is 10.2. The van der Waals surface area contributed by atoms with Crippen LogP contribution >= 0.6 is 34.4 Å². The fourth-order valence-corrected chi connectivity index (χ4v) is 5.03. The molecule has 0 aliphatic heterocycles. The fourth-order valence-electron chi connectivity index (χ4n) is 2.66. The molecule has 27 heavy (non-hydrogen) atoms. The number of aromatic nitrogens is 2. The quantitative estimate of drug-likeness (QED) is 0.415. The average molecular weight is 412 g/mol. The number of rotatable bonds is 5. The minimum atomic E-state index is -0.109. The Morgan fingerprint density at radius 3 is 2.63 bits per heavy atom. The van der Waals surface area contributed by atoms with Gasteiger partial charge in [0, 0.05) is 27.3 Å². The molecule has 0 fully saturated rings. The van der Waals surface area contributed by atoms with Crippen LogP contribution in [0.3, 0.4) is 0 Å². The number of aryl methyl sites for hydroxylation is 2. The highest BCUT2D eigenvalue weighted by molar-refractivity contribution is 7.98. The first-order chi connectivity index (χ1) is 13.1. The molecule has 0 spiro atoms. The number of benzene rings is 2. The van der Waals surface area contributed by atoms with Gasteiger partial charge in [0.05, 0.1) is 25.9 Å². The van der Waals surface area contributed by atoms with Crippen LogP contribution in [0, 0.1) is 13.8 Å². The second-order valence-corrected chi connectivity index (χ2v) is 9.39. The SMILES string of the molecule is Cc1nc(CSc2ccc(C(=O)Nc3ccc4nc(C)sc4c3)cc2)cs1. The molecule has 2 aromatic carbocycles. The van der Waals surface area contributed by atoms with Crippen molar-refractivity contribution in [2.45, 2.75) is 24.5 Å². The third-order valence-electron chi connectivity index (χ3n) is 3.92. The van der Waals surface area contributed by atoms with Crippen molar-refractivity contribution in [2.24, 2.45) is 0 Å². The maximum Gasteiger partial charge on any atom is 0.255 e. The van der Waals surface area contributed by atoms with Crippen molar-refractivity contribution in [1.29, 1.82) is 0 Å². The molecule has 7 heteroatoms. The number of nitrogens with one attached hydrogen (secondary N) is 1. The summed E-state index contributed by atoms with van der Waals surface area (Å²) in [6.45, 7) is 4.00. The normalized spacial score (nSPS) is 11.0. The van der Waals surface area contributed by atoms with E-state index in [9.17, 15) is 4.79 Å². The number of hydrogen-bond acceptors (Lipinski definition) is 6. The van der Waals surface area contributed by atoms with Gasteiger partial charge in [0.25, 0.3) is 5.91 Å². The number of fused-ring (bicyclic) bond motifs is 1. The molecule has 1 amide bonds. The standard InChI is InChI=1S/C20H17N3OS3/c1-12-21-16(10-25-12)11-26-17-6-3-14(4-7-17)20(24)23-15-5-8-18-19(9-15)27-13(2)22-18/h3-10H,11H2,1-2H3,(H,23,24). The zero-order valence-corrected chi connectivity index (χ0v) is 17.3. The first kappa shape index (κ1) is 18.2. The highest BCUT2D eigenvalue weighted by Gasteiger charge is 2.08. The molecule has 0 saturated heterocycles. The Balaban J connectivity index is 1.40. The van der Waals surface area contributed by atoms with Crippen LogP contribution in [0.15, 0.2) is 52.7 Å². The van der Waals surface area contributed by atoms with Crippen molar-refractivity contribution >= 4 is 56.2 Å². The fraction of sp³-hybridized carbons (Fsp3) is 0.150. The summed E-state index contributed by atoms with van der Waals surface area (Å²) in [6, 6.07) is 13.5. The van der Waals surface area contributed by atoms with Crippen molar-refractivity contribution in [3.63, 3.8) is 0 Å². The molecule has 0 atom stereocenters. The minimum absolute atomic E-state index is 0.109. The molecule has 2 aromatic heterocycles. The van der Waals surface area contributed by atoms with Crippen molar-refractivity contribution in [1.82, 2.24) is 9.97 Å². The van der Waals surface area contributed by atoms with E-state index >= 15 is 0 Å². The molecule has 0 saturated carbocycles.